The summed E-state index contributed by atoms with van der Waals surface area (Å²) in [5, 5.41) is 3.11. The molecule has 0 aromatic heterocycles. The fourth-order valence-electron chi connectivity index (χ4n) is 4.64. The van der Waals surface area contributed by atoms with Crippen LogP contribution < -0.4 is 5.32 Å². The summed E-state index contributed by atoms with van der Waals surface area (Å²) in [6.07, 6.45) is 5.14. The van der Waals surface area contributed by atoms with Crippen LogP contribution in [0.2, 0.25) is 0 Å². The van der Waals surface area contributed by atoms with Gasteiger partial charge >= 0.3 is 0 Å². The summed E-state index contributed by atoms with van der Waals surface area (Å²) in [5.74, 6) is -0.769. The van der Waals surface area contributed by atoms with Gasteiger partial charge in [0.1, 0.15) is 0 Å². The summed E-state index contributed by atoms with van der Waals surface area (Å²) in [5.41, 5.74) is 2.22. The third kappa shape index (κ3) is 4.12. The first-order valence-electron chi connectivity index (χ1n) is 11.2. The minimum absolute atomic E-state index is 0.162. The summed E-state index contributed by atoms with van der Waals surface area (Å²) in [6, 6.07) is 15.6. The average molecular weight is 418 g/mol. The molecule has 6 nitrogen and oxygen atoms in total. The fourth-order valence-corrected chi connectivity index (χ4v) is 4.64. The van der Waals surface area contributed by atoms with Crippen LogP contribution in [0.3, 0.4) is 0 Å². The molecule has 1 N–H and O–H groups in total. The molecule has 3 aliphatic rings. The number of likely N-dealkylation sites (tertiary alicyclic amines) is 1. The molecule has 1 aliphatic carbocycles. The second-order valence-corrected chi connectivity index (χ2v) is 8.77. The van der Waals surface area contributed by atoms with Crippen molar-refractivity contribution in [2.75, 3.05) is 19.6 Å². The summed E-state index contributed by atoms with van der Waals surface area (Å²) in [7, 11) is 0. The number of fused-ring (bicyclic) bond motifs is 1. The van der Waals surface area contributed by atoms with Gasteiger partial charge < -0.3 is 10.2 Å². The number of benzene rings is 2. The summed E-state index contributed by atoms with van der Waals surface area (Å²) in [4.78, 5) is 42.2. The Hall–Kier alpha value is -2.99. The van der Waals surface area contributed by atoms with Gasteiger partial charge in [-0.3, -0.25) is 19.3 Å². The molecule has 0 radical (unpaired) electrons. The lowest BCUT2D eigenvalue weighted by atomic mass is 10.0. The molecule has 0 atom stereocenters. The van der Waals surface area contributed by atoms with Crippen molar-refractivity contribution in [2.45, 2.75) is 44.2 Å². The van der Waals surface area contributed by atoms with Crippen molar-refractivity contribution in [2.24, 2.45) is 0 Å². The molecule has 3 amide bonds. The molecule has 2 fully saturated rings. The number of imide groups is 1. The normalized spacial score (nSPS) is 19.5. The zero-order chi connectivity index (χ0) is 21.4. The van der Waals surface area contributed by atoms with Crippen LogP contribution in [-0.4, -0.2) is 59.2 Å². The quantitative estimate of drug-likeness (QED) is 0.734. The van der Waals surface area contributed by atoms with Gasteiger partial charge in [0, 0.05) is 37.3 Å². The molecule has 31 heavy (non-hydrogen) atoms. The SMILES string of the molecule is O=C(NC1CCN(C2CC2)CC1)c1ccc2c(c1)C(=O)N(CCc1ccccc1)C2=O. The molecule has 2 aliphatic heterocycles. The number of piperidine rings is 1. The zero-order valence-electron chi connectivity index (χ0n) is 17.5. The maximum Gasteiger partial charge on any atom is 0.261 e. The number of amides is 3. The highest BCUT2D eigenvalue weighted by Gasteiger charge is 2.36. The van der Waals surface area contributed by atoms with Crippen molar-refractivity contribution in [3.05, 3.63) is 70.8 Å². The highest BCUT2D eigenvalue weighted by Crippen LogP contribution is 2.29. The van der Waals surface area contributed by atoms with Crippen molar-refractivity contribution >= 4 is 17.7 Å². The van der Waals surface area contributed by atoms with Crippen molar-refractivity contribution in [1.29, 1.82) is 0 Å². The second kappa shape index (κ2) is 8.27. The topological polar surface area (TPSA) is 69.7 Å². The molecule has 160 valence electrons. The lowest BCUT2D eigenvalue weighted by molar-refractivity contribution is 0.0656. The van der Waals surface area contributed by atoms with Crippen LogP contribution in [0.15, 0.2) is 48.5 Å². The lowest BCUT2D eigenvalue weighted by Crippen LogP contribution is -2.45. The van der Waals surface area contributed by atoms with Gasteiger partial charge in [-0.2, -0.15) is 0 Å². The number of nitrogens with zero attached hydrogens (tertiary/aromatic N) is 2. The molecule has 2 heterocycles. The van der Waals surface area contributed by atoms with E-state index in [1.54, 1.807) is 18.2 Å². The number of carbonyl (C=O) groups excluding carboxylic acids is 3. The molecular formula is C25H27N3O3. The number of carbonyl (C=O) groups is 3. The molecule has 2 aromatic rings. The first kappa shape index (κ1) is 19.9. The molecule has 0 bridgehead atoms. The Morgan fingerprint density at radius 2 is 1.61 bits per heavy atom. The Labute approximate surface area is 182 Å². The summed E-state index contributed by atoms with van der Waals surface area (Å²) < 4.78 is 0. The van der Waals surface area contributed by atoms with Gasteiger partial charge in [-0.05, 0) is 55.9 Å². The maximum atomic E-state index is 12.9. The van der Waals surface area contributed by atoms with Gasteiger partial charge in [0.05, 0.1) is 11.1 Å². The highest BCUT2D eigenvalue weighted by atomic mass is 16.2. The monoisotopic (exact) mass is 417 g/mol. The Balaban J connectivity index is 1.22. The van der Waals surface area contributed by atoms with Crippen LogP contribution in [0.1, 0.15) is 62.3 Å². The van der Waals surface area contributed by atoms with E-state index in [-0.39, 0.29) is 23.8 Å². The van der Waals surface area contributed by atoms with Gasteiger partial charge in [0.2, 0.25) is 0 Å². The van der Waals surface area contributed by atoms with Crippen molar-refractivity contribution in [3.63, 3.8) is 0 Å². The number of nitrogens with one attached hydrogen (secondary N) is 1. The van der Waals surface area contributed by atoms with Gasteiger partial charge in [0.25, 0.3) is 17.7 Å². The van der Waals surface area contributed by atoms with Crippen molar-refractivity contribution < 1.29 is 14.4 Å². The van der Waals surface area contributed by atoms with E-state index in [0.717, 1.165) is 37.5 Å². The van der Waals surface area contributed by atoms with E-state index in [4.69, 9.17) is 0 Å². The maximum absolute atomic E-state index is 12.9. The molecule has 5 rings (SSSR count). The van der Waals surface area contributed by atoms with Crippen molar-refractivity contribution in [3.8, 4) is 0 Å². The highest BCUT2D eigenvalue weighted by molar-refractivity contribution is 6.22. The number of hydrogen-bond acceptors (Lipinski definition) is 4. The van der Waals surface area contributed by atoms with Gasteiger partial charge in [-0.15, -0.1) is 0 Å². The van der Waals surface area contributed by atoms with Crippen LogP contribution in [0.25, 0.3) is 0 Å². The third-order valence-corrected chi connectivity index (χ3v) is 6.63. The number of hydrogen-bond donors (Lipinski definition) is 1. The van der Waals surface area contributed by atoms with E-state index in [1.807, 2.05) is 30.3 Å². The number of rotatable bonds is 6. The molecule has 2 aromatic carbocycles. The molecule has 0 unspecified atom stereocenters. The van der Waals surface area contributed by atoms with Crippen molar-refractivity contribution in [1.82, 2.24) is 15.1 Å². The average Bonchev–Trinajstić information content (AvgIpc) is 3.62. The van der Waals surface area contributed by atoms with Crippen LogP contribution >= 0.6 is 0 Å². The van der Waals surface area contributed by atoms with Crippen LogP contribution in [0.5, 0.6) is 0 Å². The predicted octanol–water partition coefficient (Wildman–Crippen LogP) is 2.88. The van der Waals surface area contributed by atoms with E-state index >= 15 is 0 Å². The molecular weight excluding hydrogens is 390 g/mol. The van der Waals surface area contributed by atoms with E-state index in [0.29, 0.717) is 29.7 Å². The Morgan fingerprint density at radius 3 is 2.32 bits per heavy atom. The molecule has 1 saturated carbocycles. The van der Waals surface area contributed by atoms with E-state index in [1.165, 1.54) is 17.7 Å². The smallest absolute Gasteiger partial charge is 0.261 e. The fraction of sp³-hybridized carbons (Fsp3) is 0.400. The minimum Gasteiger partial charge on any atom is -0.349 e. The van der Waals surface area contributed by atoms with Gasteiger partial charge in [-0.25, -0.2) is 0 Å². The Morgan fingerprint density at radius 1 is 0.903 bits per heavy atom. The van der Waals surface area contributed by atoms with Gasteiger partial charge in [-0.1, -0.05) is 30.3 Å². The van der Waals surface area contributed by atoms with E-state index in [2.05, 4.69) is 10.2 Å². The van der Waals surface area contributed by atoms with Crippen LogP contribution in [0.4, 0.5) is 0 Å². The van der Waals surface area contributed by atoms with Crippen LogP contribution in [0, 0.1) is 0 Å². The van der Waals surface area contributed by atoms with Crippen LogP contribution in [-0.2, 0) is 6.42 Å². The predicted molar refractivity (Wildman–Crippen MR) is 117 cm³/mol. The standard InChI is InChI=1S/C25H27N3O3/c29-23(26-19-11-13-27(14-12-19)20-7-8-20)18-6-9-21-22(16-18)25(31)28(24(21)30)15-10-17-4-2-1-3-5-17/h1-6,9,16,19-20H,7-8,10-15H2,(H,26,29). The first-order chi connectivity index (χ1) is 15.1. The minimum atomic E-state index is -0.316. The molecule has 0 spiro atoms. The molecule has 1 saturated heterocycles. The third-order valence-electron chi connectivity index (χ3n) is 6.63. The zero-order valence-corrected chi connectivity index (χ0v) is 17.5. The largest absolute Gasteiger partial charge is 0.349 e. The Kier molecular flexibility index (Phi) is 5.32. The Bertz CT molecular complexity index is 1010. The first-order valence-corrected chi connectivity index (χ1v) is 11.2. The second-order valence-electron chi connectivity index (χ2n) is 8.77. The van der Waals surface area contributed by atoms with E-state index in [9.17, 15) is 14.4 Å². The summed E-state index contributed by atoms with van der Waals surface area (Å²) >= 11 is 0. The lowest BCUT2D eigenvalue weighted by Gasteiger charge is -2.32. The molecule has 6 heteroatoms. The summed E-state index contributed by atoms with van der Waals surface area (Å²) in [6.45, 7) is 2.39. The van der Waals surface area contributed by atoms with Gasteiger partial charge in [0.15, 0.2) is 0 Å². The van der Waals surface area contributed by atoms with E-state index < -0.39 is 0 Å².